The summed E-state index contributed by atoms with van der Waals surface area (Å²) in [5.41, 5.74) is 3.47. The zero-order valence-corrected chi connectivity index (χ0v) is 20.5. The molecule has 0 fully saturated rings. The second-order valence-electron chi connectivity index (χ2n) is 8.60. The van der Waals surface area contributed by atoms with Gasteiger partial charge in [0.15, 0.2) is 0 Å². The molecule has 1 aliphatic rings. The number of nitrogens with one attached hydrogen (secondary N) is 3. The van der Waals surface area contributed by atoms with E-state index in [1.54, 1.807) is 0 Å². The summed E-state index contributed by atoms with van der Waals surface area (Å²) in [6.45, 7) is 5.54. The number of ether oxygens (including phenoxy) is 1. The van der Waals surface area contributed by atoms with E-state index in [0.29, 0.717) is 35.3 Å². The lowest BCUT2D eigenvalue weighted by atomic mass is 9.88. The van der Waals surface area contributed by atoms with Crippen molar-refractivity contribution < 1.29 is 14.3 Å². The van der Waals surface area contributed by atoms with Gasteiger partial charge in [-0.25, -0.2) is 0 Å². The number of rotatable bonds is 9. The summed E-state index contributed by atoms with van der Waals surface area (Å²) in [5.74, 6) is 0.990. The minimum atomic E-state index is -0.191. The first-order chi connectivity index (χ1) is 16.5. The average Bonchev–Trinajstić information content (AvgIpc) is 3.18. The van der Waals surface area contributed by atoms with Crippen LogP contribution in [0.25, 0.3) is 0 Å². The first kappa shape index (κ1) is 24.0. The molecule has 0 spiro atoms. The highest BCUT2D eigenvalue weighted by molar-refractivity contribution is 7.17. The van der Waals surface area contributed by atoms with Crippen molar-refractivity contribution in [3.05, 3.63) is 76.2 Å². The Hall–Kier alpha value is -3.16. The van der Waals surface area contributed by atoms with Gasteiger partial charge in [-0.1, -0.05) is 37.3 Å². The molecule has 0 bridgehead atoms. The molecule has 34 heavy (non-hydrogen) atoms. The second-order valence-corrected chi connectivity index (χ2v) is 9.71. The summed E-state index contributed by atoms with van der Waals surface area (Å²) in [5, 5.41) is 9.80. The Morgan fingerprint density at radius 2 is 1.82 bits per heavy atom. The Morgan fingerprint density at radius 3 is 2.56 bits per heavy atom. The summed E-state index contributed by atoms with van der Waals surface area (Å²) in [6.07, 6.45) is 2.83. The van der Waals surface area contributed by atoms with Gasteiger partial charge in [-0.15, -0.1) is 11.3 Å². The predicted molar refractivity (Wildman–Crippen MR) is 138 cm³/mol. The molecule has 6 nitrogen and oxygen atoms in total. The van der Waals surface area contributed by atoms with Crippen molar-refractivity contribution in [3.63, 3.8) is 0 Å². The van der Waals surface area contributed by atoms with Crippen molar-refractivity contribution in [3.8, 4) is 5.75 Å². The van der Waals surface area contributed by atoms with Crippen molar-refractivity contribution in [2.45, 2.75) is 39.7 Å². The molecule has 1 atom stereocenters. The highest BCUT2D eigenvalue weighted by atomic mass is 32.1. The van der Waals surface area contributed by atoms with Crippen LogP contribution in [-0.2, 0) is 24.2 Å². The van der Waals surface area contributed by atoms with Crippen LogP contribution in [0.1, 0.15) is 46.6 Å². The third-order valence-electron chi connectivity index (χ3n) is 5.87. The molecule has 0 saturated heterocycles. The number of carbonyl (C=O) groups excluding carboxylic acids is 2. The Morgan fingerprint density at radius 1 is 1.06 bits per heavy atom. The van der Waals surface area contributed by atoms with Crippen LogP contribution in [0.2, 0.25) is 0 Å². The van der Waals surface area contributed by atoms with Crippen molar-refractivity contribution in [1.82, 2.24) is 5.32 Å². The normalized spacial score (nSPS) is 14.8. The van der Waals surface area contributed by atoms with Crippen molar-refractivity contribution in [2.75, 3.05) is 23.8 Å². The minimum absolute atomic E-state index is 0.155. The monoisotopic (exact) mass is 477 g/mol. The van der Waals surface area contributed by atoms with Gasteiger partial charge in [0.25, 0.3) is 5.91 Å². The molecule has 0 saturated carbocycles. The summed E-state index contributed by atoms with van der Waals surface area (Å²) in [7, 11) is 0. The lowest BCUT2D eigenvalue weighted by Gasteiger charge is -2.18. The Kier molecular flexibility index (Phi) is 7.98. The van der Waals surface area contributed by atoms with Crippen LogP contribution in [-0.4, -0.2) is 25.0 Å². The van der Waals surface area contributed by atoms with Crippen molar-refractivity contribution in [2.24, 2.45) is 5.92 Å². The van der Waals surface area contributed by atoms with E-state index < -0.39 is 0 Å². The molecule has 1 aromatic heterocycles. The molecule has 0 aliphatic heterocycles. The minimum Gasteiger partial charge on any atom is -0.494 e. The Bertz CT molecular complexity index is 1130. The highest BCUT2D eigenvalue weighted by Crippen LogP contribution is 2.40. The molecule has 2 amide bonds. The van der Waals surface area contributed by atoms with Gasteiger partial charge in [0.2, 0.25) is 5.91 Å². The van der Waals surface area contributed by atoms with Gasteiger partial charge in [0.05, 0.1) is 18.7 Å². The first-order valence-electron chi connectivity index (χ1n) is 11.8. The largest absolute Gasteiger partial charge is 0.494 e. The smallest absolute Gasteiger partial charge is 0.258 e. The van der Waals surface area contributed by atoms with Crippen molar-refractivity contribution >= 4 is 33.8 Å². The molecule has 1 heterocycles. The number of hydrogen-bond donors (Lipinski definition) is 3. The molecule has 0 radical (unpaired) electrons. The van der Waals surface area contributed by atoms with Gasteiger partial charge < -0.3 is 20.7 Å². The van der Waals surface area contributed by atoms with E-state index in [2.05, 4.69) is 22.9 Å². The van der Waals surface area contributed by atoms with Crippen LogP contribution < -0.4 is 20.7 Å². The van der Waals surface area contributed by atoms with Crippen LogP contribution in [0, 0.1) is 5.92 Å². The summed E-state index contributed by atoms with van der Waals surface area (Å²) in [6, 6.07) is 17.3. The Labute approximate surface area is 204 Å². The second kappa shape index (κ2) is 11.3. The average molecular weight is 478 g/mol. The molecule has 2 aromatic carbocycles. The SMILES string of the molecule is CCOc1ccc(NC(=O)c2c(NC(=O)CNCc3ccccc3)sc3c2CC[C@H](C)C3)cc1. The first-order valence-corrected chi connectivity index (χ1v) is 12.6. The van der Waals surface area contributed by atoms with Crippen molar-refractivity contribution in [1.29, 1.82) is 0 Å². The molecule has 3 N–H and O–H groups in total. The van der Waals surface area contributed by atoms with Crippen LogP contribution >= 0.6 is 11.3 Å². The number of hydrogen-bond acceptors (Lipinski definition) is 5. The van der Waals surface area contributed by atoms with Gasteiger partial charge in [0, 0.05) is 17.1 Å². The number of fused-ring (bicyclic) bond motifs is 1. The zero-order valence-electron chi connectivity index (χ0n) is 19.6. The van der Waals surface area contributed by atoms with Gasteiger partial charge in [-0.05, 0) is 67.5 Å². The lowest BCUT2D eigenvalue weighted by Crippen LogP contribution is -2.28. The summed E-state index contributed by atoms with van der Waals surface area (Å²) < 4.78 is 5.48. The van der Waals surface area contributed by atoms with Crippen LogP contribution in [0.4, 0.5) is 10.7 Å². The maximum atomic E-state index is 13.3. The zero-order chi connectivity index (χ0) is 23.9. The fourth-order valence-electron chi connectivity index (χ4n) is 4.16. The number of amides is 2. The van der Waals surface area contributed by atoms with E-state index in [0.717, 1.165) is 36.1 Å². The van der Waals surface area contributed by atoms with Crippen LogP contribution in [0.15, 0.2) is 54.6 Å². The molecule has 0 unspecified atom stereocenters. The van der Waals surface area contributed by atoms with Gasteiger partial charge in [-0.3, -0.25) is 9.59 Å². The third kappa shape index (κ3) is 6.04. The van der Waals surface area contributed by atoms with Gasteiger partial charge in [0.1, 0.15) is 10.8 Å². The van der Waals surface area contributed by atoms with E-state index in [1.807, 2.05) is 61.5 Å². The van der Waals surface area contributed by atoms with Gasteiger partial charge >= 0.3 is 0 Å². The summed E-state index contributed by atoms with van der Waals surface area (Å²) >= 11 is 1.53. The number of thiophene rings is 1. The van der Waals surface area contributed by atoms with E-state index in [1.165, 1.54) is 16.2 Å². The highest BCUT2D eigenvalue weighted by Gasteiger charge is 2.28. The maximum Gasteiger partial charge on any atom is 0.258 e. The Balaban J connectivity index is 1.47. The van der Waals surface area contributed by atoms with E-state index in [4.69, 9.17) is 4.74 Å². The molecule has 1 aliphatic carbocycles. The molecule has 4 rings (SSSR count). The standard InChI is InChI=1S/C27H31N3O3S/c1-3-33-21-12-10-20(11-13-21)29-26(32)25-22-14-9-18(2)15-23(22)34-27(25)30-24(31)17-28-16-19-7-5-4-6-8-19/h4-8,10-13,18,28H,3,9,14-17H2,1-2H3,(H,29,32)(H,30,31)/t18-/m0/s1. The quantitative estimate of drug-likeness (QED) is 0.393. The third-order valence-corrected chi connectivity index (χ3v) is 7.04. The predicted octanol–water partition coefficient (Wildman–Crippen LogP) is 5.25. The van der Waals surface area contributed by atoms with Crippen LogP contribution in [0.5, 0.6) is 5.75 Å². The van der Waals surface area contributed by atoms with Crippen LogP contribution in [0.3, 0.4) is 0 Å². The van der Waals surface area contributed by atoms with E-state index >= 15 is 0 Å². The molecular formula is C27H31N3O3S. The fourth-order valence-corrected chi connectivity index (χ4v) is 5.59. The number of anilines is 2. The number of carbonyl (C=O) groups is 2. The molecule has 7 heteroatoms. The lowest BCUT2D eigenvalue weighted by molar-refractivity contribution is -0.115. The molecule has 3 aromatic rings. The topological polar surface area (TPSA) is 79.5 Å². The van der Waals surface area contributed by atoms with E-state index in [-0.39, 0.29) is 18.4 Å². The van der Waals surface area contributed by atoms with Gasteiger partial charge in [-0.2, -0.15) is 0 Å². The number of benzene rings is 2. The van der Waals surface area contributed by atoms with E-state index in [9.17, 15) is 9.59 Å². The molecular weight excluding hydrogens is 446 g/mol. The molecule has 178 valence electrons. The fraction of sp³-hybridized carbons (Fsp3) is 0.333. The summed E-state index contributed by atoms with van der Waals surface area (Å²) in [4.78, 5) is 27.2. The maximum absolute atomic E-state index is 13.3.